The number of nitrogens with zero attached hydrogens (tertiary/aromatic N) is 1. The molecule has 0 saturated carbocycles. The average Bonchev–Trinajstić information content (AvgIpc) is 2.73. The van der Waals surface area contributed by atoms with E-state index in [4.69, 9.17) is 0 Å². The summed E-state index contributed by atoms with van der Waals surface area (Å²) in [6.07, 6.45) is 1.98. The molecule has 5 aromatic rings. The SMILES string of the molecule is O=C(C[n+]1cccc2c3ccccc3ccc21)c1ccc2ccccc2c1.[Br-]. The summed E-state index contributed by atoms with van der Waals surface area (Å²) in [4.78, 5) is 12.9. The van der Waals surface area contributed by atoms with Gasteiger partial charge in [0.25, 0.3) is 0 Å². The second-order valence-electron chi connectivity index (χ2n) is 6.84. The second kappa shape index (κ2) is 7.53. The van der Waals surface area contributed by atoms with Gasteiger partial charge in [0.2, 0.25) is 17.8 Å². The lowest BCUT2D eigenvalue weighted by Gasteiger charge is -2.05. The van der Waals surface area contributed by atoms with Crippen LogP contribution < -0.4 is 21.5 Å². The first-order valence-electron chi connectivity index (χ1n) is 9.11. The first-order chi connectivity index (χ1) is 13.3. The maximum absolute atomic E-state index is 12.9. The Morgan fingerprint density at radius 1 is 0.679 bits per heavy atom. The van der Waals surface area contributed by atoms with Crippen LogP contribution >= 0.6 is 0 Å². The number of halogens is 1. The van der Waals surface area contributed by atoms with Gasteiger partial charge in [-0.2, -0.15) is 4.57 Å². The van der Waals surface area contributed by atoms with Crippen LogP contribution in [0.2, 0.25) is 0 Å². The third kappa shape index (κ3) is 3.19. The van der Waals surface area contributed by atoms with E-state index < -0.39 is 0 Å². The predicted molar refractivity (Wildman–Crippen MR) is 110 cm³/mol. The van der Waals surface area contributed by atoms with Crippen LogP contribution in [-0.2, 0) is 6.54 Å². The quantitative estimate of drug-likeness (QED) is 0.246. The summed E-state index contributed by atoms with van der Waals surface area (Å²) in [5, 5.41) is 5.84. The Bertz CT molecular complexity index is 1330. The van der Waals surface area contributed by atoms with Crippen molar-refractivity contribution in [2.75, 3.05) is 0 Å². The highest BCUT2D eigenvalue weighted by Gasteiger charge is 2.16. The van der Waals surface area contributed by atoms with Gasteiger partial charge in [-0.3, -0.25) is 4.79 Å². The normalized spacial score (nSPS) is 10.9. The number of aromatic nitrogens is 1. The largest absolute Gasteiger partial charge is 1.00 e. The van der Waals surface area contributed by atoms with Crippen molar-refractivity contribution in [3.05, 3.63) is 103 Å². The molecule has 1 aromatic heterocycles. The maximum atomic E-state index is 12.9. The molecular formula is C25H18BrNO. The molecule has 4 aromatic carbocycles. The van der Waals surface area contributed by atoms with Crippen molar-refractivity contribution in [3.8, 4) is 0 Å². The van der Waals surface area contributed by atoms with E-state index in [0.717, 1.165) is 21.9 Å². The van der Waals surface area contributed by atoms with Crippen LogP contribution in [0, 0.1) is 0 Å². The molecule has 0 N–H and O–H groups in total. The van der Waals surface area contributed by atoms with Crippen molar-refractivity contribution in [2.24, 2.45) is 0 Å². The summed E-state index contributed by atoms with van der Waals surface area (Å²) in [6, 6.07) is 30.8. The molecule has 28 heavy (non-hydrogen) atoms. The molecule has 136 valence electrons. The smallest absolute Gasteiger partial charge is 0.227 e. The molecule has 0 fully saturated rings. The molecule has 0 aliphatic rings. The van der Waals surface area contributed by atoms with E-state index >= 15 is 0 Å². The average molecular weight is 428 g/mol. The minimum Gasteiger partial charge on any atom is -1.00 e. The molecule has 0 atom stereocenters. The van der Waals surface area contributed by atoms with Crippen LogP contribution in [0.25, 0.3) is 32.4 Å². The van der Waals surface area contributed by atoms with Crippen LogP contribution in [0.3, 0.4) is 0 Å². The molecule has 0 amide bonds. The molecule has 0 bridgehead atoms. The minimum absolute atomic E-state index is 0. The molecule has 0 aliphatic heterocycles. The van der Waals surface area contributed by atoms with Gasteiger partial charge < -0.3 is 17.0 Å². The lowest BCUT2D eigenvalue weighted by Crippen LogP contribution is -3.00. The molecule has 2 nitrogen and oxygen atoms in total. The van der Waals surface area contributed by atoms with Crippen molar-refractivity contribution >= 4 is 38.2 Å². The Morgan fingerprint density at radius 3 is 2.21 bits per heavy atom. The molecule has 5 rings (SSSR count). The van der Waals surface area contributed by atoms with Crippen LogP contribution in [-0.4, -0.2) is 5.78 Å². The topological polar surface area (TPSA) is 20.9 Å². The van der Waals surface area contributed by atoms with Gasteiger partial charge in [-0.15, -0.1) is 0 Å². The number of hydrogen-bond acceptors (Lipinski definition) is 1. The Labute approximate surface area is 173 Å². The van der Waals surface area contributed by atoms with Gasteiger partial charge in [0.15, 0.2) is 6.20 Å². The summed E-state index contributed by atoms with van der Waals surface area (Å²) >= 11 is 0. The lowest BCUT2D eigenvalue weighted by atomic mass is 10.0. The number of ketones is 1. The number of pyridine rings is 1. The molecule has 0 spiro atoms. The van der Waals surface area contributed by atoms with Gasteiger partial charge in [0.05, 0.1) is 5.39 Å². The first kappa shape index (κ1) is 18.3. The summed E-state index contributed by atoms with van der Waals surface area (Å²) in [7, 11) is 0. The van der Waals surface area contributed by atoms with Crippen molar-refractivity contribution < 1.29 is 26.3 Å². The highest BCUT2D eigenvalue weighted by atomic mass is 79.9. The number of hydrogen-bond donors (Lipinski definition) is 0. The number of Topliss-reactive ketones (excluding diaryl/α,β-unsaturated/α-hetero) is 1. The highest BCUT2D eigenvalue weighted by molar-refractivity contribution is 6.05. The molecule has 0 saturated heterocycles. The van der Waals surface area contributed by atoms with E-state index in [-0.39, 0.29) is 22.8 Å². The summed E-state index contributed by atoms with van der Waals surface area (Å²) in [6.45, 7) is 0.327. The van der Waals surface area contributed by atoms with Crippen LogP contribution in [0.4, 0.5) is 0 Å². The maximum Gasteiger partial charge on any atom is 0.227 e. The zero-order chi connectivity index (χ0) is 18.2. The van der Waals surface area contributed by atoms with Gasteiger partial charge >= 0.3 is 0 Å². The predicted octanol–water partition coefficient (Wildman–Crippen LogP) is 2.32. The number of carbonyl (C=O) groups is 1. The van der Waals surface area contributed by atoms with E-state index in [1.54, 1.807) is 0 Å². The fraction of sp³-hybridized carbons (Fsp3) is 0.0400. The summed E-state index contributed by atoms with van der Waals surface area (Å²) in [5.41, 5.74) is 1.82. The van der Waals surface area contributed by atoms with E-state index in [0.29, 0.717) is 6.54 Å². The van der Waals surface area contributed by atoms with E-state index in [1.165, 1.54) is 16.2 Å². The highest BCUT2D eigenvalue weighted by Crippen LogP contribution is 2.23. The molecule has 3 heteroatoms. The van der Waals surface area contributed by atoms with Crippen molar-refractivity contribution in [1.82, 2.24) is 0 Å². The van der Waals surface area contributed by atoms with Crippen molar-refractivity contribution in [3.63, 3.8) is 0 Å². The summed E-state index contributed by atoms with van der Waals surface area (Å²) in [5.74, 6) is 0.117. The molecule has 0 unspecified atom stereocenters. The molecule has 1 heterocycles. The Hall–Kier alpha value is -3.04. The molecule has 0 aliphatic carbocycles. The Morgan fingerprint density at radius 2 is 1.36 bits per heavy atom. The number of benzene rings is 4. The standard InChI is InChI=1S/C25H18NO.BrH/c27-25(21-12-11-18-6-1-2-8-20(18)16-21)17-26-15-5-10-23-22-9-4-3-7-19(22)13-14-24(23)26;/h1-16H,17H2;1H/q+1;/p-1. The zero-order valence-electron chi connectivity index (χ0n) is 15.2. The third-order valence-electron chi connectivity index (χ3n) is 5.17. The van der Waals surface area contributed by atoms with Crippen molar-refractivity contribution in [2.45, 2.75) is 6.54 Å². The molecular weight excluding hydrogens is 410 g/mol. The number of fused-ring (bicyclic) bond motifs is 4. The van der Waals surface area contributed by atoms with Gasteiger partial charge in [0.1, 0.15) is 0 Å². The monoisotopic (exact) mass is 427 g/mol. The second-order valence-corrected chi connectivity index (χ2v) is 6.84. The van der Waals surface area contributed by atoms with Gasteiger partial charge in [-0.25, -0.2) is 0 Å². The van der Waals surface area contributed by atoms with Crippen LogP contribution in [0.15, 0.2) is 97.2 Å². The Balaban J connectivity index is 0.00000192. The fourth-order valence-corrected chi connectivity index (χ4v) is 3.78. The minimum atomic E-state index is 0. The Kier molecular flexibility index (Phi) is 4.93. The first-order valence-corrected chi connectivity index (χ1v) is 9.11. The van der Waals surface area contributed by atoms with E-state index in [1.807, 2.05) is 53.2 Å². The zero-order valence-corrected chi connectivity index (χ0v) is 16.8. The van der Waals surface area contributed by atoms with Crippen LogP contribution in [0.1, 0.15) is 10.4 Å². The van der Waals surface area contributed by atoms with E-state index in [9.17, 15) is 4.79 Å². The van der Waals surface area contributed by atoms with Gasteiger partial charge in [0, 0.05) is 17.7 Å². The summed E-state index contributed by atoms with van der Waals surface area (Å²) < 4.78 is 2.04. The fourth-order valence-electron chi connectivity index (χ4n) is 3.78. The lowest BCUT2D eigenvalue weighted by molar-refractivity contribution is -0.657. The molecule has 0 radical (unpaired) electrons. The number of rotatable bonds is 3. The van der Waals surface area contributed by atoms with Crippen molar-refractivity contribution in [1.29, 1.82) is 0 Å². The van der Waals surface area contributed by atoms with Crippen LogP contribution in [0.5, 0.6) is 0 Å². The van der Waals surface area contributed by atoms with Gasteiger partial charge in [-0.1, -0.05) is 60.7 Å². The van der Waals surface area contributed by atoms with E-state index in [2.05, 4.69) is 48.5 Å². The third-order valence-corrected chi connectivity index (χ3v) is 5.17. The van der Waals surface area contributed by atoms with Gasteiger partial charge in [-0.05, 0) is 39.7 Å². The number of carbonyl (C=O) groups excluding carboxylic acids is 1.